The lowest BCUT2D eigenvalue weighted by Crippen LogP contribution is -2.50. The Morgan fingerprint density at radius 3 is 2.60 bits per heavy atom. The number of carboxylic acid groups (broad SMARTS) is 1. The minimum atomic E-state index is -0.714. The number of benzene rings is 1. The lowest BCUT2D eigenvalue weighted by atomic mass is 10.1. The van der Waals surface area contributed by atoms with E-state index in [-0.39, 0.29) is 12.5 Å². The maximum atomic E-state index is 10.9. The van der Waals surface area contributed by atoms with Crippen LogP contribution in [0.4, 0.5) is 5.69 Å². The van der Waals surface area contributed by atoms with Crippen molar-refractivity contribution >= 4 is 23.3 Å². The molecular formula is C15H21ClN2O2. The Hall–Kier alpha value is -1.26. The van der Waals surface area contributed by atoms with Gasteiger partial charge in [0.05, 0.1) is 6.42 Å². The van der Waals surface area contributed by atoms with Crippen molar-refractivity contribution in [3.8, 4) is 0 Å². The van der Waals surface area contributed by atoms with Gasteiger partial charge in [0.25, 0.3) is 0 Å². The number of nitrogens with zero attached hydrogens (tertiary/aromatic N) is 2. The van der Waals surface area contributed by atoms with Crippen molar-refractivity contribution in [3.63, 3.8) is 0 Å². The van der Waals surface area contributed by atoms with E-state index in [9.17, 15) is 4.79 Å². The summed E-state index contributed by atoms with van der Waals surface area (Å²) in [6.45, 7) is 5.68. The average molecular weight is 297 g/mol. The maximum absolute atomic E-state index is 10.9. The Bertz CT molecular complexity index is 459. The highest BCUT2D eigenvalue weighted by atomic mass is 35.5. The average Bonchev–Trinajstić information content (AvgIpc) is 2.45. The second kappa shape index (κ2) is 6.95. The van der Waals surface area contributed by atoms with Crippen LogP contribution in [-0.2, 0) is 4.79 Å². The predicted octanol–water partition coefficient (Wildman–Crippen LogP) is 2.72. The van der Waals surface area contributed by atoms with Gasteiger partial charge in [-0.2, -0.15) is 0 Å². The number of carboxylic acids is 1. The highest BCUT2D eigenvalue weighted by Gasteiger charge is 2.24. The van der Waals surface area contributed by atoms with E-state index in [0.717, 1.165) is 43.3 Å². The molecule has 1 aliphatic heterocycles. The van der Waals surface area contributed by atoms with Crippen molar-refractivity contribution in [1.29, 1.82) is 0 Å². The summed E-state index contributed by atoms with van der Waals surface area (Å²) in [5.41, 5.74) is 1.14. The van der Waals surface area contributed by atoms with Crippen LogP contribution in [0.5, 0.6) is 0 Å². The molecule has 0 aliphatic carbocycles. The maximum Gasteiger partial charge on any atom is 0.304 e. The third-order valence-corrected chi connectivity index (χ3v) is 4.12. The van der Waals surface area contributed by atoms with Crippen LogP contribution >= 0.6 is 11.6 Å². The first-order valence-electron chi connectivity index (χ1n) is 7.06. The molecule has 110 valence electrons. The van der Waals surface area contributed by atoms with E-state index < -0.39 is 5.97 Å². The SMILES string of the molecule is CCC(CC(=O)O)N1CCN(c2cccc(Cl)c2)CC1. The molecule has 0 aromatic heterocycles. The van der Waals surface area contributed by atoms with Gasteiger partial charge in [0, 0.05) is 42.9 Å². The molecule has 1 aromatic carbocycles. The molecule has 0 amide bonds. The lowest BCUT2D eigenvalue weighted by Gasteiger charge is -2.39. The van der Waals surface area contributed by atoms with Crippen molar-refractivity contribution in [3.05, 3.63) is 29.3 Å². The van der Waals surface area contributed by atoms with Gasteiger partial charge in [-0.3, -0.25) is 9.69 Å². The lowest BCUT2D eigenvalue weighted by molar-refractivity contribution is -0.138. The van der Waals surface area contributed by atoms with Crippen molar-refractivity contribution in [2.24, 2.45) is 0 Å². The Morgan fingerprint density at radius 1 is 1.35 bits per heavy atom. The standard InChI is InChI=1S/C15H21ClN2O2/c1-2-13(11-15(19)20)17-6-8-18(9-7-17)14-5-3-4-12(16)10-14/h3-5,10,13H,2,6-9,11H2,1H3,(H,19,20). The molecule has 1 fully saturated rings. The molecule has 1 unspecified atom stereocenters. The summed E-state index contributed by atoms with van der Waals surface area (Å²) in [6.07, 6.45) is 1.11. The van der Waals surface area contributed by atoms with E-state index in [1.165, 1.54) is 0 Å². The molecule has 0 bridgehead atoms. The van der Waals surface area contributed by atoms with Crippen LogP contribution in [0.2, 0.25) is 5.02 Å². The fourth-order valence-corrected chi connectivity index (χ4v) is 2.94. The first kappa shape index (κ1) is 15.1. The Balaban J connectivity index is 1.93. The van der Waals surface area contributed by atoms with Crippen molar-refractivity contribution < 1.29 is 9.90 Å². The summed E-state index contributed by atoms with van der Waals surface area (Å²) in [5, 5.41) is 9.71. The van der Waals surface area contributed by atoms with E-state index in [1.54, 1.807) is 0 Å². The van der Waals surface area contributed by atoms with Gasteiger partial charge in [-0.15, -0.1) is 0 Å². The zero-order valence-electron chi connectivity index (χ0n) is 11.8. The van der Waals surface area contributed by atoms with E-state index in [4.69, 9.17) is 16.7 Å². The minimum Gasteiger partial charge on any atom is -0.481 e. The number of aliphatic carboxylic acids is 1. The highest BCUT2D eigenvalue weighted by Crippen LogP contribution is 2.22. The molecule has 0 radical (unpaired) electrons. The van der Waals surface area contributed by atoms with Crippen LogP contribution in [0.3, 0.4) is 0 Å². The number of hydrogen-bond donors (Lipinski definition) is 1. The second-order valence-corrected chi connectivity index (χ2v) is 5.60. The molecule has 1 aromatic rings. The molecular weight excluding hydrogens is 276 g/mol. The van der Waals surface area contributed by atoms with E-state index >= 15 is 0 Å². The van der Waals surface area contributed by atoms with Gasteiger partial charge >= 0.3 is 5.97 Å². The summed E-state index contributed by atoms with van der Waals surface area (Å²) in [6, 6.07) is 8.03. The summed E-state index contributed by atoms with van der Waals surface area (Å²) in [4.78, 5) is 15.5. The van der Waals surface area contributed by atoms with E-state index in [1.807, 2.05) is 18.2 Å². The number of hydrogen-bond acceptors (Lipinski definition) is 3. The first-order valence-corrected chi connectivity index (χ1v) is 7.44. The fourth-order valence-electron chi connectivity index (χ4n) is 2.75. The number of carbonyl (C=O) groups is 1. The van der Waals surface area contributed by atoms with Crippen LogP contribution in [0.25, 0.3) is 0 Å². The molecule has 20 heavy (non-hydrogen) atoms. The molecule has 1 atom stereocenters. The molecule has 0 saturated carbocycles. The van der Waals surface area contributed by atoms with Crippen LogP contribution in [0.15, 0.2) is 24.3 Å². The first-order chi connectivity index (χ1) is 9.60. The third-order valence-electron chi connectivity index (χ3n) is 3.89. The zero-order chi connectivity index (χ0) is 14.5. The van der Waals surface area contributed by atoms with Gasteiger partial charge in [-0.1, -0.05) is 24.6 Å². The van der Waals surface area contributed by atoms with Crippen molar-refractivity contribution in [2.75, 3.05) is 31.1 Å². The molecule has 4 nitrogen and oxygen atoms in total. The molecule has 2 rings (SSSR count). The minimum absolute atomic E-state index is 0.147. The largest absolute Gasteiger partial charge is 0.481 e. The van der Waals surface area contributed by atoms with Crippen LogP contribution in [0.1, 0.15) is 19.8 Å². The predicted molar refractivity (Wildman–Crippen MR) is 81.6 cm³/mol. The van der Waals surface area contributed by atoms with Crippen LogP contribution in [0, 0.1) is 0 Å². The fraction of sp³-hybridized carbons (Fsp3) is 0.533. The van der Waals surface area contributed by atoms with Gasteiger partial charge in [0.2, 0.25) is 0 Å². The van der Waals surface area contributed by atoms with Gasteiger partial charge in [0.1, 0.15) is 0 Å². The summed E-state index contributed by atoms with van der Waals surface area (Å²) < 4.78 is 0. The Kier molecular flexibility index (Phi) is 5.26. The van der Waals surface area contributed by atoms with Gasteiger partial charge in [-0.05, 0) is 24.6 Å². The molecule has 1 N–H and O–H groups in total. The smallest absolute Gasteiger partial charge is 0.304 e. The second-order valence-electron chi connectivity index (χ2n) is 5.16. The van der Waals surface area contributed by atoms with E-state index in [2.05, 4.69) is 22.8 Å². The van der Waals surface area contributed by atoms with Crippen molar-refractivity contribution in [1.82, 2.24) is 4.90 Å². The molecule has 5 heteroatoms. The van der Waals surface area contributed by atoms with Gasteiger partial charge in [-0.25, -0.2) is 0 Å². The number of halogens is 1. The monoisotopic (exact) mass is 296 g/mol. The van der Waals surface area contributed by atoms with Gasteiger partial charge in [0.15, 0.2) is 0 Å². The van der Waals surface area contributed by atoms with Crippen LogP contribution in [-0.4, -0.2) is 48.2 Å². The van der Waals surface area contributed by atoms with Crippen molar-refractivity contribution in [2.45, 2.75) is 25.8 Å². The Morgan fingerprint density at radius 2 is 2.05 bits per heavy atom. The Labute approximate surface area is 124 Å². The normalized spacial score (nSPS) is 18.0. The summed E-state index contributed by atoms with van der Waals surface area (Å²) >= 11 is 6.02. The topological polar surface area (TPSA) is 43.8 Å². The molecule has 0 spiro atoms. The summed E-state index contributed by atoms with van der Waals surface area (Å²) in [7, 11) is 0. The highest BCUT2D eigenvalue weighted by molar-refractivity contribution is 6.30. The van der Waals surface area contributed by atoms with E-state index in [0.29, 0.717) is 0 Å². The molecule has 1 aliphatic rings. The molecule has 1 saturated heterocycles. The third kappa shape index (κ3) is 3.87. The molecule has 1 heterocycles. The quantitative estimate of drug-likeness (QED) is 0.907. The summed E-state index contributed by atoms with van der Waals surface area (Å²) in [5.74, 6) is -0.714. The number of piperazine rings is 1. The van der Waals surface area contributed by atoms with Gasteiger partial charge < -0.3 is 10.0 Å². The number of rotatable bonds is 5. The zero-order valence-corrected chi connectivity index (χ0v) is 12.5. The number of anilines is 1. The van der Waals surface area contributed by atoms with Crippen LogP contribution < -0.4 is 4.90 Å².